The molecule has 1 atom stereocenters. The van der Waals surface area contributed by atoms with Crippen molar-refractivity contribution in [1.82, 2.24) is 4.98 Å². The van der Waals surface area contributed by atoms with Crippen LogP contribution in [0.2, 0.25) is 0 Å². The molecule has 1 aliphatic rings. The highest BCUT2D eigenvalue weighted by Crippen LogP contribution is 2.25. The number of hydrogen-bond donors (Lipinski definition) is 1. The molecular formula is C13H19F2N3O. The molecule has 106 valence electrons. The summed E-state index contributed by atoms with van der Waals surface area (Å²) < 4.78 is 32.7. The van der Waals surface area contributed by atoms with Gasteiger partial charge in [-0.2, -0.15) is 0 Å². The zero-order valence-corrected chi connectivity index (χ0v) is 11.2. The van der Waals surface area contributed by atoms with Crippen LogP contribution < -0.4 is 10.2 Å². The lowest BCUT2D eigenvalue weighted by molar-refractivity contribution is 0.193. The number of aromatic nitrogens is 1. The Hall–Kier alpha value is -1.43. The Morgan fingerprint density at radius 2 is 2.26 bits per heavy atom. The first-order chi connectivity index (χ1) is 9.13. The van der Waals surface area contributed by atoms with Crippen LogP contribution in [0.1, 0.15) is 19.8 Å². The number of nitrogens with zero attached hydrogens (tertiary/aromatic N) is 2. The average molecular weight is 271 g/mol. The first-order valence-electron chi connectivity index (χ1n) is 6.54. The summed E-state index contributed by atoms with van der Waals surface area (Å²) >= 11 is 0. The average Bonchev–Trinajstić information content (AvgIpc) is 2.91. The van der Waals surface area contributed by atoms with Gasteiger partial charge in [-0.25, -0.2) is 13.8 Å². The molecule has 0 bridgehead atoms. The van der Waals surface area contributed by atoms with E-state index < -0.39 is 11.6 Å². The Kier molecular flexibility index (Phi) is 4.52. The van der Waals surface area contributed by atoms with Crippen LogP contribution in [0.25, 0.3) is 0 Å². The molecule has 19 heavy (non-hydrogen) atoms. The third kappa shape index (κ3) is 3.12. The number of rotatable bonds is 5. The molecule has 0 amide bonds. The molecule has 1 aliphatic heterocycles. The van der Waals surface area contributed by atoms with E-state index >= 15 is 0 Å². The van der Waals surface area contributed by atoms with E-state index in [2.05, 4.69) is 10.3 Å². The van der Waals surface area contributed by atoms with Gasteiger partial charge in [0.05, 0.1) is 12.6 Å². The van der Waals surface area contributed by atoms with E-state index in [0.29, 0.717) is 19.8 Å². The van der Waals surface area contributed by atoms with Crippen molar-refractivity contribution in [1.29, 1.82) is 0 Å². The highest BCUT2D eigenvalue weighted by molar-refractivity contribution is 5.49. The first-order valence-corrected chi connectivity index (χ1v) is 6.54. The summed E-state index contributed by atoms with van der Waals surface area (Å²) in [6, 6.07) is 0.971. The van der Waals surface area contributed by atoms with Crippen molar-refractivity contribution >= 4 is 11.6 Å². The number of hydrogen-bond acceptors (Lipinski definition) is 4. The van der Waals surface area contributed by atoms with E-state index in [9.17, 15) is 8.78 Å². The number of pyridine rings is 1. The van der Waals surface area contributed by atoms with Crippen LogP contribution in [0.4, 0.5) is 20.4 Å². The molecule has 0 saturated carbocycles. The molecule has 0 radical (unpaired) electrons. The monoisotopic (exact) mass is 271 g/mol. The standard InChI is InChI=1S/C13H19F2N3O/c1-3-5-16-12-10(14)7-11(15)13(17-12)18(2)9-4-6-19-8-9/h7,9H,3-6,8H2,1-2H3,(H,16,17). The highest BCUT2D eigenvalue weighted by Gasteiger charge is 2.24. The number of halogens is 2. The summed E-state index contributed by atoms with van der Waals surface area (Å²) in [5.74, 6) is -1.04. The lowest BCUT2D eigenvalue weighted by Gasteiger charge is -2.25. The second kappa shape index (κ2) is 6.14. The second-order valence-electron chi connectivity index (χ2n) is 4.68. The summed E-state index contributed by atoms with van der Waals surface area (Å²) in [7, 11) is 1.76. The lowest BCUT2D eigenvalue weighted by atomic mass is 10.2. The summed E-state index contributed by atoms with van der Waals surface area (Å²) in [5, 5.41) is 2.86. The summed E-state index contributed by atoms with van der Waals surface area (Å²) in [6.07, 6.45) is 1.67. The maximum Gasteiger partial charge on any atom is 0.168 e. The van der Waals surface area contributed by atoms with Gasteiger partial charge in [0.15, 0.2) is 23.3 Å². The molecule has 1 aromatic heterocycles. The van der Waals surface area contributed by atoms with Crippen molar-refractivity contribution in [2.24, 2.45) is 0 Å². The second-order valence-corrected chi connectivity index (χ2v) is 4.68. The molecule has 1 fully saturated rings. The minimum atomic E-state index is -0.661. The molecule has 1 N–H and O–H groups in total. The molecule has 6 heteroatoms. The van der Waals surface area contributed by atoms with Crippen molar-refractivity contribution in [3.8, 4) is 0 Å². The summed E-state index contributed by atoms with van der Waals surface area (Å²) in [6.45, 7) is 3.79. The van der Waals surface area contributed by atoms with Crippen molar-refractivity contribution in [2.75, 3.05) is 37.0 Å². The van der Waals surface area contributed by atoms with Gasteiger partial charge >= 0.3 is 0 Å². The van der Waals surface area contributed by atoms with E-state index in [-0.39, 0.29) is 17.7 Å². The van der Waals surface area contributed by atoms with Crippen LogP contribution >= 0.6 is 0 Å². The highest BCUT2D eigenvalue weighted by atomic mass is 19.1. The Labute approximate surface area is 111 Å². The fourth-order valence-electron chi connectivity index (χ4n) is 2.07. The van der Waals surface area contributed by atoms with Gasteiger partial charge in [-0.15, -0.1) is 0 Å². The van der Waals surface area contributed by atoms with Gasteiger partial charge in [-0.05, 0) is 12.8 Å². The third-order valence-electron chi connectivity index (χ3n) is 3.24. The molecule has 0 aromatic carbocycles. The fraction of sp³-hybridized carbons (Fsp3) is 0.615. The first kappa shape index (κ1) is 14.0. The Bertz CT molecular complexity index is 436. The van der Waals surface area contributed by atoms with E-state index in [1.165, 1.54) is 0 Å². The minimum Gasteiger partial charge on any atom is -0.379 e. The Morgan fingerprint density at radius 1 is 1.47 bits per heavy atom. The molecule has 1 unspecified atom stereocenters. The van der Waals surface area contributed by atoms with Gasteiger partial charge < -0.3 is 15.0 Å². The van der Waals surface area contributed by atoms with E-state index in [1.54, 1.807) is 11.9 Å². The molecular weight excluding hydrogens is 252 g/mol. The predicted molar refractivity (Wildman–Crippen MR) is 70.6 cm³/mol. The number of nitrogens with one attached hydrogen (secondary N) is 1. The maximum atomic E-state index is 13.8. The quantitative estimate of drug-likeness (QED) is 0.892. The van der Waals surface area contributed by atoms with Gasteiger partial charge in [0, 0.05) is 26.3 Å². The lowest BCUT2D eigenvalue weighted by Crippen LogP contribution is -2.33. The van der Waals surface area contributed by atoms with Crippen molar-refractivity contribution in [2.45, 2.75) is 25.8 Å². The van der Waals surface area contributed by atoms with Crippen LogP contribution in [0.3, 0.4) is 0 Å². The summed E-state index contributed by atoms with van der Waals surface area (Å²) in [5.41, 5.74) is 0. The van der Waals surface area contributed by atoms with Gasteiger partial charge in [-0.1, -0.05) is 6.92 Å². The van der Waals surface area contributed by atoms with Gasteiger partial charge in [-0.3, -0.25) is 0 Å². The molecule has 4 nitrogen and oxygen atoms in total. The topological polar surface area (TPSA) is 37.4 Å². The molecule has 2 rings (SSSR count). The van der Waals surface area contributed by atoms with E-state index in [4.69, 9.17) is 4.74 Å². The zero-order chi connectivity index (χ0) is 13.8. The van der Waals surface area contributed by atoms with Crippen molar-refractivity contribution in [3.63, 3.8) is 0 Å². The fourth-order valence-corrected chi connectivity index (χ4v) is 2.07. The van der Waals surface area contributed by atoms with Gasteiger partial charge in [0.2, 0.25) is 0 Å². The van der Waals surface area contributed by atoms with Crippen LogP contribution in [-0.2, 0) is 4.74 Å². The molecule has 0 spiro atoms. The number of anilines is 2. The third-order valence-corrected chi connectivity index (χ3v) is 3.24. The molecule has 0 aliphatic carbocycles. The number of ether oxygens (including phenoxy) is 1. The van der Waals surface area contributed by atoms with Gasteiger partial charge in [0.1, 0.15) is 0 Å². The van der Waals surface area contributed by atoms with E-state index in [0.717, 1.165) is 18.9 Å². The zero-order valence-electron chi connectivity index (χ0n) is 11.2. The normalized spacial score (nSPS) is 18.6. The SMILES string of the molecule is CCCNc1nc(N(C)C2CCOC2)c(F)cc1F. The van der Waals surface area contributed by atoms with Gasteiger partial charge in [0.25, 0.3) is 0 Å². The Balaban J connectivity index is 2.22. The molecule has 1 saturated heterocycles. The summed E-state index contributed by atoms with van der Waals surface area (Å²) in [4.78, 5) is 5.78. The maximum absolute atomic E-state index is 13.8. The van der Waals surface area contributed by atoms with Crippen molar-refractivity contribution in [3.05, 3.63) is 17.7 Å². The van der Waals surface area contributed by atoms with Crippen molar-refractivity contribution < 1.29 is 13.5 Å². The van der Waals surface area contributed by atoms with Crippen LogP contribution in [0.5, 0.6) is 0 Å². The van der Waals surface area contributed by atoms with Crippen LogP contribution in [0.15, 0.2) is 6.07 Å². The van der Waals surface area contributed by atoms with Crippen LogP contribution in [0, 0.1) is 11.6 Å². The molecule has 1 aromatic rings. The number of likely N-dealkylation sites (N-methyl/N-ethyl adjacent to an activating group) is 1. The van der Waals surface area contributed by atoms with E-state index in [1.807, 2.05) is 6.92 Å². The smallest absolute Gasteiger partial charge is 0.168 e. The minimum absolute atomic E-state index is 0.0893. The molecule has 2 heterocycles. The predicted octanol–water partition coefficient (Wildman–Crippen LogP) is 2.41. The van der Waals surface area contributed by atoms with Crippen LogP contribution in [-0.4, -0.2) is 37.8 Å². The largest absolute Gasteiger partial charge is 0.379 e. The Morgan fingerprint density at radius 3 is 2.89 bits per heavy atom.